The van der Waals surface area contributed by atoms with Gasteiger partial charge in [0.2, 0.25) is 10.0 Å². The van der Waals surface area contributed by atoms with E-state index in [-0.39, 0.29) is 18.7 Å². The van der Waals surface area contributed by atoms with Crippen LogP contribution in [0.4, 0.5) is 0 Å². The van der Waals surface area contributed by atoms with Gasteiger partial charge in [-0.05, 0) is 11.6 Å². The van der Waals surface area contributed by atoms with E-state index in [0.717, 1.165) is 4.31 Å². The Morgan fingerprint density at radius 2 is 2.05 bits per heavy atom. The number of aliphatic carboxylic acids is 1. The minimum absolute atomic E-state index is 0.0909. The number of rotatable bonds is 6. The zero-order valence-electron chi connectivity index (χ0n) is 10.4. The van der Waals surface area contributed by atoms with E-state index in [2.05, 4.69) is 0 Å². The molecular formula is C12H14N2O4S. The number of hydrogen-bond donors (Lipinski definition) is 1. The Labute approximate surface area is 111 Å². The van der Waals surface area contributed by atoms with Gasteiger partial charge in [0.05, 0.1) is 23.8 Å². The Kier molecular flexibility index (Phi) is 5.03. The fourth-order valence-electron chi connectivity index (χ4n) is 1.45. The first-order chi connectivity index (χ1) is 8.86. The summed E-state index contributed by atoms with van der Waals surface area (Å²) in [4.78, 5) is 10.4. The Morgan fingerprint density at radius 3 is 2.63 bits per heavy atom. The molecule has 0 amide bonds. The van der Waals surface area contributed by atoms with E-state index >= 15 is 0 Å². The van der Waals surface area contributed by atoms with Gasteiger partial charge >= 0.3 is 5.97 Å². The van der Waals surface area contributed by atoms with Crippen molar-refractivity contribution in [1.82, 2.24) is 4.31 Å². The smallest absolute Gasteiger partial charge is 0.304 e. The normalized spacial score (nSPS) is 11.2. The van der Waals surface area contributed by atoms with E-state index in [0.29, 0.717) is 11.1 Å². The van der Waals surface area contributed by atoms with Crippen molar-refractivity contribution in [2.45, 2.75) is 12.2 Å². The molecule has 19 heavy (non-hydrogen) atoms. The van der Waals surface area contributed by atoms with Crippen LogP contribution in [0.2, 0.25) is 0 Å². The highest BCUT2D eigenvalue weighted by atomic mass is 32.2. The Balaban J connectivity index is 2.85. The van der Waals surface area contributed by atoms with Crippen LogP contribution in [-0.2, 0) is 20.6 Å². The van der Waals surface area contributed by atoms with E-state index in [1.807, 2.05) is 6.07 Å². The number of sulfonamides is 1. The van der Waals surface area contributed by atoms with E-state index in [9.17, 15) is 13.2 Å². The highest BCUT2D eigenvalue weighted by Gasteiger charge is 2.20. The summed E-state index contributed by atoms with van der Waals surface area (Å²) >= 11 is 0. The minimum atomic E-state index is -3.62. The summed E-state index contributed by atoms with van der Waals surface area (Å²) in [5, 5.41) is 17.4. The summed E-state index contributed by atoms with van der Waals surface area (Å²) in [6.45, 7) is -0.0909. The highest BCUT2D eigenvalue weighted by Crippen LogP contribution is 2.14. The second-order valence-electron chi connectivity index (χ2n) is 3.99. The van der Waals surface area contributed by atoms with Crippen molar-refractivity contribution in [1.29, 1.82) is 5.26 Å². The molecule has 102 valence electrons. The lowest BCUT2D eigenvalue weighted by Gasteiger charge is -2.16. The highest BCUT2D eigenvalue weighted by molar-refractivity contribution is 7.88. The topological polar surface area (TPSA) is 98.5 Å². The van der Waals surface area contributed by atoms with E-state index < -0.39 is 16.0 Å². The third-order valence-corrected chi connectivity index (χ3v) is 4.40. The number of nitriles is 1. The number of hydrogen-bond acceptors (Lipinski definition) is 4. The van der Waals surface area contributed by atoms with Crippen molar-refractivity contribution < 1.29 is 18.3 Å². The van der Waals surface area contributed by atoms with Crippen LogP contribution in [0, 0.1) is 11.3 Å². The molecule has 1 N–H and O–H groups in total. The summed E-state index contributed by atoms with van der Waals surface area (Å²) < 4.78 is 25.0. The van der Waals surface area contributed by atoms with E-state index in [4.69, 9.17) is 10.4 Å². The van der Waals surface area contributed by atoms with Crippen molar-refractivity contribution in [2.24, 2.45) is 0 Å². The molecule has 0 atom stereocenters. The summed E-state index contributed by atoms with van der Waals surface area (Å²) in [7, 11) is -2.30. The molecular weight excluding hydrogens is 268 g/mol. The zero-order valence-corrected chi connectivity index (χ0v) is 11.2. The van der Waals surface area contributed by atoms with Crippen LogP contribution in [0.1, 0.15) is 17.5 Å². The lowest BCUT2D eigenvalue weighted by atomic mass is 10.1. The molecule has 7 heteroatoms. The molecule has 0 unspecified atom stereocenters. The number of carboxylic acids is 1. The molecule has 0 spiro atoms. The molecule has 0 aliphatic carbocycles. The molecule has 0 bridgehead atoms. The van der Waals surface area contributed by atoms with Gasteiger partial charge < -0.3 is 5.11 Å². The van der Waals surface area contributed by atoms with Gasteiger partial charge in [0.25, 0.3) is 0 Å². The summed E-state index contributed by atoms with van der Waals surface area (Å²) in [5.74, 6) is -1.37. The van der Waals surface area contributed by atoms with Crippen LogP contribution in [-0.4, -0.2) is 37.4 Å². The van der Waals surface area contributed by atoms with Crippen molar-refractivity contribution in [2.75, 3.05) is 13.6 Å². The third-order valence-electron chi connectivity index (χ3n) is 2.59. The van der Waals surface area contributed by atoms with Gasteiger partial charge in [0, 0.05) is 13.6 Å². The standard InChI is InChI=1S/C12H14N2O4S/c1-14(7-6-12(15)16)19(17,18)9-11-5-3-2-4-10(11)8-13/h2-5H,6-7,9H2,1H3,(H,15,16). The summed E-state index contributed by atoms with van der Waals surface area (Å²) in [6, 6.07) is 8.36. The second kappa shape index (κ2) is 6.31. The van der Waals surface area contributed by atoms with Crippen molar-refractivity contribution in [3.05, 3.63) is 35.4 Å². The third kappa shape index (κ3) is 4.35. The first-order valence-electron chi connectivity index (χ1n) is 5.50. The number of carboxylic acid groups (broad SMARTS) is 1. The molecule has 0 fully saturated rings. The monoisotopic (exact) mass is 282 g/mol. The maximum atomic E-state index is 12.0. The molecule has 1 aromatic rings. The minimum Gasteiger partial charge on any atom is -0.481 e. The second-order valence-corrected chi connectivity index (χ2v) is 6.07. The summed E-state index contributed by atoms with van der Waals surface area (Å²) in [5.41, 5.74) is 0.713. The molecule has 0 aromatic heterocycles. The predicted octanol–water partition coefficient (Wildman–Crippen LogP) is 0.795. The quantitative estimate of drug-likeness (QED) is 0.831. The number of benzene rings is 1. The van der Waals surface area contributed by atoms with Crippen LogP contribution >= 0.6 is 0 Å². The van der Waals surface area contributed by atoms with Crippen LogP contribution in [0.25, 0.3) is 0 Å². The van der Waals surface area contributed by atoms with E-state index in [1.54, 1.807) is 24.3 Å². The molecule has 0 saturated carbocycles. The Hall–Kier alpha value is -1.91. The zero-order chi connectivity index (χ0) is 14.5. The average Bonchev–Trinajstić information content (AvgIpc) is 2.36. The molecule has 1 rings (SSSR count). The van der Waals surface area contributed by atoms with Crippen LogP contribution in [0.3, 0.4) is 0 Å². The number of carbonyl (C=O) groups is 1. The molecule has 0 heterocycles. The fraction of sp³-hybridized carbons (Fsp3) is 0.333. The first-order valence-corrected chi connectivity index (χ1v) is 7.11. The summed E-state index contributed by atoms with van der Waals surface area (Å²) in [6.07, 6.45) is -0.254. The predicted molar refractivity (Wildman–Crippen MR) is 68.7 cm³/mol. The molecule has 0 saturated heterocycles. The van der Waals surface area contributed by atoms with Gasteiger partial charge in [-0.3, -0.25) is 4.79 Å². The average molecular weight is 282 g/mol. The lowest BCUT2D eigenvalue weighted by molar-refractivity contribution is -0.137. The maximum absolute atomic E-state index is 12.0. The SMILES string of the molecule is CN(CCC(=O)O)S(=O)(=O)Cc1ccccc1C#N. The first kappa shape index (κ1) is 15.1. The van der Waals surface area contributed by atoms with Gasteiger partial charge in [-0.25, -0.2) is 12.7 Å². The molecule has 0 radical (unpaired) electrons. The Morgan fingerprint density at radius 1 is 1.42 bits per heavy atom. The number of nitrogens with zero attached hydrogens (tertiary/aromatic N) is 2. The fourth-order valence-corrected chi connectivity index (χ4v) is 2.69. The van der Waals surface area contributed by atoms with Gasteiger partial charge in [0.15, 0.2) is 0 Å². The maximum Gasteiger partial charge on any atom is 0.304 e. The molecule has 0 aliphatic rings. The van der Waals surface area contributed by atoms with Crippen LogP contribution in [0.5, 0.6) is 0 Å². The molecule has 0 aliphatic heterocycles. The van der Waals surface area contributed by atoms with Crippen molar-refractivity contribution >= 4 is 16.0 Å². The van der Waals surface area contributed by atoms with Crippen LogP contribution in [0.15, 0.2) is 24.3 Å². The van der Waals surface area contributed by atoms with Gasteiger partial charge in [-0.1, -0.05) is 18.2 Å². The molecule has 1 aromatic carbocycles. The van der Waals surface area contributed by atoms with Gasteiger partial charge in [0.1, 0.15) is 0 Å². The van der Waals surface area contributed by atoms with Crippen molar-refractivity contribution in [3.63, 3.8) is 0 Å². The van der Waals surface area contributed by atoms with Crippen molar-refractivity contribution in [3.8, 4) is 6.07 Å². The van der Waals surface area contributed by atoms with Gasteiger partial charge in [-0.2, -0.15) is 5.26 Å². The Bertz CT molecular complexity index is 604. The largest absolute Gasteiger partial charge is 0.481 e. The van der Waals surface area contributed by atoms with Crippen LogP contribution < -0.4 is 0 Å². The molecule has 6 nitrogen and oxygen atoms in total. The van der Waals surface area contributed by atoms with Gasteiger partial charge in [-0.15, -0.1) is 0 Å². The van der Waals surface area contributed by atoms with E-state index in [1.165, 1.54) is 7.05 Å². The lowest BCUT2D eigenvalue weighted by Crippen LogP contribution is -2.30.